The number of nitrogens with zero attached hydrogens (tertiary/aromatic N) is 2. The molecule has 6 nitrogen and oxygen atoms in total. The van der Waals surface area contributed by atoms with Crippen LogP contribution in [0.5, 0.6) is 0 Å². The second-order valence-corrected chi connectivity index (χ2v) is 5.84. The van der Waals surface area contributed by atoms with E-state index in [0.717, 1.165) is 50.2 Å². The highest BCUT2D eigenvalue weighted by atomic mass is 16.2. The maximum Gasteiger partial charge on any atom is 0.321 e. The zero-order chi connectivity index (χ0) is 13.9. The van der Waals surface area contributed by atoms with Crippen molar-refractivity contribution in [3.63, 3.8) is 0 Å². The van der Waals surface area contributed by atoms with Crippen molar-refractivity contribution in [2.45, 2.75) is 26.3 Å². The van der Waals surface area contributed by atoms with Crippen LogP contribution in [0.25, 0.3) is 0 Å². The van der Waals surface area contributed by atoms with Crippen LogP contribution in [-0.4, -0.2) is 73.2 Å². The number of piperazine rings is 3. The summed E-state index contributed by atoms with van der Waals surface area (Å²) >= 11 is 0. The van der Waals surface area contributed by atoms with E-state index in [4.69, 9.17) is 0 Å². The molecule has 19 heavy (non-hydrogen) atoms. The van der Waals surface area contributed by atoms with E-state index in [0.29, 0.717) is 6.54 Å². The Kier molecular flexibility index (Phi) is 4.42. The fourth-order valence-corrected chi connectivity index (χ4v) is 2.80. The number of imide groups is 1. The summed E-state index contributed by atoms with van der Waals surface area (Å²) in [4.78, 5) is 26.0. The highest BCUT2D eigenvalue weighted by Gasteiger charge is 2.39. The molecule has 3 saturated heterocycles. The van der Waals surface area contributed by atoms with Crippen molar-refractivity contribution < 1.29 is 14.1 Å². The Bertz CT molecular complexity index is 337. The molecule has 3 amide bonds. The minimum atomic E-state index is -0.367. The number of nitrogens with one attached hydrogen (secondary N) is 2. The van der Waals surface area contributed by atoms with E-state index in [1.54, 1.807) is 0 Å². The molecule has 3 heterocycles. The number of rotatable bonds is 4. The molecule has 2 N–H and O–H groups in total. The first kappa shape index (κ1) is 14.3. The molecule has 3 aliphatic rings. The Morgan fingerprint density at radius 2 is 1.79 bits per heavy atom. The fraction of sp³-hybridized carbons (Fsp3) is 0.846. The maximum absolute atomic E-state index is 12.0. The van der Waals surface area contributed by atoms with E-state index in [-0.39, 0.29) is 18.0 Å². The summed E-state index contributed by atoms with van der Waals surface area (Å²) in [6.45, 7) is 10.7. The molecule has 0 spiro atoms. The molecule has 0 unspecified atom stereocenters. The first-order valence-corrected chi connectivity index (χ1v) is 7.21. The summed E-state index contributed by atoms with van der Waals surface area (Å²) in [5.41, 5.74) is 0. The quantitative estimate of drug-likeness (QED) is 0.692. The van der Waals surface area contributed by atoms with Gasteiger partial charge in [0.2, 0.25) is 0 Å². The van der Waals surface area contributed by atoms with E-state index < -0.39 is 0 Å². The third-order valence-electron chi connectivity index (χ3n) is 4.39. The van der Waals surface area contributed by atoms with E-state index in [1.807, 2.05) is 13.8 Å². The van der Waals surface area contributed by atoms with Gasteiger partial charge in [-0.15, -0.1) is 0 Å². The molecule has 6 heteroatoms. The molecule has 1 atom stereocenters. The number of hydrogen-bond acceptors (Lipinski definition) is 3. The number of carbonyl (C=O) groups is 2. The first-order valence-electron chi connectivity index (χ1n) is 7.21. The normalized spacial score (nSPS) is 30.7. The molecule has 108 valence electrons. The molecule has 0 aromatic carbocycles. The maximum atomic E-state index is 12.0. The van der Waals surface area contributed by atoms with Crippen molar-refractivity contribution in [3.8, 4) is 0 Å². The lowest BCUT2D eigenvalue weighted by Gasteiger charge is -2.49. The van der Waals surface area contributed by atoms with Crippen LogP contribution in [0.1, 0.15) is 20.3 Å². The Morgan fingerprint density at radius 3 is 2.32 bits per heavy atom. The lowest BCUT2D eigenvalue weighted by molar-refractivity contribution is -0.933. The van der Waals surface area contributed by atoms with Gasteiger partial charge >= 0.3 is 6.03 Å². The molecule has 0 saturated carbocycles. The fourth-order valence-electron chi connectivity index (χ4n) is 2.80. The summed E-state index contributed by atoms with van der Waals surface area (Å²) in [6, 6.07) is -0.272. The second-order valence-electron chi connectivity index (χ2n) is 5.84. The third kappa shape index (κ3) is 3.67. The zero-order valence-corrected chi connectivity index (χ0v) is 11.9. The summed E-state index contributed by atoms with van der Waals surface area (Å²) in [6.07, 6.45) is 0.859. The van der Waals surface area contributed by atoms with Gasteiger partial charge in [-0.3, -0.25) is 15.0 Å². The van der Waals surface area contributed by atoms with Gasteiger partial charge in [0, 0.05) is 25.7 Å². The molecular formula is C13H25N4O2+. The van der Waals surface area contributed by atoms with E-state index in [2.05, 4.69) is 15.5 Å². The number of hydrogen-bond donors (Lipinski definition) is 2. The summed E-state index contributed by atoms with van der Waals surface area (Å²) in [7, 11) is 0. The minimum Gasteiger partial charge on any atom is -0.335 e. The average molecular weight is 269 g/mol. The summed E-state index contributed by atoms with van der Waals surface area (Å²) in [5.74, 6) is -0.156. The van der Waals surface area contributed by atoms with Crippen LogP contribution in [0.2, 0.25) is 0 Å². The predicted molar refractivity (Wildman–Crippen MR) is 72.6 cm³/mol. The van der Waals surface area contributed by atoms with E-state index in [9.17, 15) is 9.59 Å². The number of carbonyl (C=O) groups excluding carboxylic acids is 2. The molecule has 2 bridgehead atoms. The lowest BCUT2D eigenvalue weighted by Crippen LogP contribution is -2.69. The molecule has 0 aromatic heterocycles. The Hall–Kier alpha value is -1.14. The molecule has 3 fully saturated rings. The average Bonchev–Trinajstić information content (AvgIpc) is 2.39. The highest BCUT2D eigenvalue weighted by Crippen LogP contribution is 2.18. The van der Waals surface area contributed by atoms with Gasteiger partial charge < -0.3 is 9.80 Å². The van der Waals surface area contributed by atoms with Crippen LogP contribution in [-0.2, 0) is 4.79 Å². The predicted octanol–water partition coefficient (Wildman–Crippen LogP) is -0.243. The standard InChI is InChI=1S/C13H24N4O2/c1-3-11(2)14-13(19)15-12(18)10-17-7-4-16(5-8-17)6-9-17/h11H,3-10H2,1-2H3,(H-,14,15,18,19)/p+1/t11-/m1/s1. The van der Waals surface area contributed by atoms with Crippen LogP contribution in [0.3, 0.4) is 0 Å². The van der Waals surface area contributed by atoms with Gasteiger partial charge in [0.15, 0.2) is 6.54 Å². The van der Waals surface area contributed by atoms with Crippen LogP contribution in [0.4, 0.5) is 4.79 Å². The van der Waals surface area contributed by atoms with Gasteiger partial charge in [-0.25, -0.2) is 4.79 Å². The van der Waals surface area contributed by atoms with Gasteiger partial charge in [-0.05, 0) is 13.3 Å². The first-order chi connectivity index (χ1) is 9.03. The second kappa shape index (κ2) is 5.88. The Morgan fingerprint density at radius 1 is 1.21 bits per heavy atom. The van der Waals surface area contributed by atoms with Crippen LogP contribution >= 0.6 is 0 Å². The number of quaternary nitrogens is 1. The summed E-state index contributed by atoms with van der Waals surface area (Å²) < 4.78 is 0.846. The molecule has 3 aliphatic heterocycles. The van der Waals surface area contributed by atoms with Crippen molar-refractivity contribution >= 4 is 11.9 Å². The Balaban J connectivity index is 1.79. The van der Waals surface area contributed by atoms with Gasteiger partial charge in [0.25, 0.3) is 5.91 Å². The molecule has 0 aliphatic carbocycles. The van der Waals surface area contributed by atoms with Gasteiger partial charge in [0.05, 0.1) is 19.6 Å². The monoisotopic (exact) mass is 269 g/mol. The highest BCUT2D eigenvalue weighted by molar-refractivity contribution is 5.94. The molecule has 3 rings (SSSR count). The molecule has 0 radical (unpaired) electrons. The molecular weight excluding hydrogens is 244 g/mol. The van der Waals surface area contributed by atoms with E-state index >= 15 is 0 Å². The van der Waals surface area contributed by atoms with E-state index in [1.165, 1.54) is 0 Å². The van der Waals surface area contributed by atoms with Gasteiger partial charge in [-0.2, -0.15) is 0 Å². The van der Waals surface area contributed by atoms with Gasteiger partial charge in [-0.1, -0.05) is 6.92 Å². The van der Waals surface area contributed by atoms with Crippen LogP contribution in [0, 0.1) is 0 Å². The third-order valence-corrected chi connectivity index (χ3v) is 4.39. The largest absolute Gasteiger partial charge is 0.335 e. The minimum absolute atomic E-state index is 0.0957. The van der Waals surface area contributed by atoms with Crippen molar-refractivity contribution in [1.82, 2.24) is 15.5 Å². The van der Waals surface area contributed by atoms with Crippen molar-refractivity contribution in [2.75, 3.05) is 45.8 Å². The van der Waals surface area contributed by atoms with Crippen LogP contribution in [0.15, 0.2) is 0 Å². The van der Waals surface area contributed by atoms with Gasteiger partial charge in [0.1, 0.15) is 0 Å². The van der Waals surface area contributed by atoms with Crippen molar-refractivity contribution in [3.05, 3.63) is 0 Å². The summed E-state index contributed by atoms with van der Waals surface area (Å²) in [5, 5.41) is 5.20. The zero-order valence-electron chi connectivity index (χ0n) is 11.9. The lowest BCUT2D eigenvalue weighted by atomic mass is 10.1. The molecule has 0 aromatic rings. The number of fused-ring (bicyclic) bond motifs is 3. The van der Waals surface area contributed by atoms with Crippen molar-refractivity contribution in [1.29, 1.82) is 0 Å². The smallest absolute Gasteiger partial charge is 0.321 e. The number of urea groups is 1. The van der Waals surface area contributed by atoms with Crippen molar-refractivity contribution in [2.24, 2.45) is 0 Å². The topological polar surface area (TPSA) is 61.4 Å². The van der Waals surface area contributed by atoms with Crippen LogP contribution < -0.4 is 10.6 Å². The SMILES string of the molecule is CC[C@@H](C)NC(=O)NC(=O)C[N+]12CCN(CC1)CC2. The Labute approximate surface area is 114 Å². The number of amides is 3.